The van der Waals surface area contributed by atoms with Gasteiger partial charge in [0.1, 0.15) is 27.8 Å². The third-order valence-corrected chi connectivity index (χ3v) is 3.25. The highest BCUT2D eigenvalue weighted by molar-refractivity contribution is 7.90. The first-order valence-corrected chi connectivity index (χ1v) is 7.47. The summed E-state index contributed by atoms with van der Waals surface area (Å²) in [6.07, 6.45) is 3.44. The molecule has 0 aromatic carbocycles. The molecule has 0 unspecified atom stereocenters. The minimum atomic E-state index is -2.95. The zero-order valence-electron chi connectivity index (χ0n) is 10.3. The largest absolute Gasteiger partial charge is 0.373 e. The van der Waals surface area contributed by atoms with Crippen LogP contribution in [0.3, 0.4) is 0 Å². The van der Waals surface area contributed by atoms with Crippen LogP contribution >= 0.6 is 0 Å². The van der Waals surface area contributed by atoms with E-state index in [-0.39, 0.29) is 5.75 Å². The molecule has 6 nitrogen and oxygen atoms in total. The van der Waals surface area contributed by atoms with Gasteiger partial charge in [0.05, 0.1) is 5.75 Å². The Labute approximate surface area is 102 Å². The molecule has 1 rings (SSSR count). The Bertz CT molecular complexity index is 473. The first kappa shape index (κ1) is 13.7. The van der Waals surface area contributed by atoms with Gasteiger partial charge in [0, 0.05) is 25.4 Å². The van der Waals surface area contributed by atoms with Gasteiger partial charge in [-0.15, -0.1) is 0 Å². The Balaban J connectivity index is 2.77. The summed E-state index contributed by atoms with van der Waals surface area (Å²) in [6, 6.07) is 0. The molecular formula is C10H18N4O2S. The van der Waals surface area contributed by atoms with Crippen LogP contribution in [0.4, 0.5) is 11.6 Å². The third kappa shape index (κ3) is 4.18. The van der Waals surface area contributed by atoms with Crippen LogP contribution in [0, 0.1) is 0 Å². The van der Waals surface area contributed by atoms with Crippen LogP contribution in [0.5, 0.6) is 0 Å². The Morgan fingerprint density at radius 2 is 1.94 bits per heavy atom. The summed E-state index contributed by atoms with van der Waals surface area (Å²) in [6.45, 7) is 2.35. The first-order chi connectivity index (χ1) is 7.98. The van der Waals surface area contributed by atoms with Gasteiger partial charge in [-0.3, -0.25) is 0 Å². The molecule has 0 atom stereocenters. The van der Waals surface area contributed by atoms with Crippen molar-refractivity contribution < 1.29 is 8.42 Å². The van der Waals surface area contributed by atoms with Gasteiger partial charge in [0.25, 0.3) is 0 Å². The summed E-state index contributed by atoms with van der Waals surface area (Å²) < 4.78 is 22.0. The zero-order valence-corrected chi connectivity index (χ0v) is 11.1. The molecular weight excluding hydrogens is 240 g/mol. The van der Waals surface area contributed by atoms with Gasteiger partial charge < -0.3 is 10.6 Å². The van der Waals surface area contributed by atoms with Crippen molar-refractivity contribution in [3.05, 3.63) is 11.9 Å². The van der Waals surface area contributed by atoms with Crippen molar-refractivity contribution in [1.29, 1.82) is 0 Å². The maximum Gasteiger partial charge on any atom is 0.149 e. The van der Waals surface area contributed by atoms with E-state index >= 15 is 0 Å². The predicted molar refractivity (Wildman–Crippen MR) is 69.2 cm³/mol. The second-order valence-electron chi connectivity index (χ2n) is 3.71. The van der Waals surface area contributed by atoms with Gasteiger partial charge in [-0.1, -0.05) is 6.92 Å². The third-order valence-electron chi connectivity index (χ3n) is 2.30. The highest BCUT2D eigenvalue weighted by Crippen LogP contribution is 2.19. The van der Waals surface area contributed by atoms with Crippen LogP contribution in [0.2, 0.25) is 0 Å². The fourth-order valence-electron chi connectivity index (χ4n) is 1.47. The lowest BCUT2D eigenvalue weighted by Gasteiger charge is -2.12. The van der Waals surface area contributed by atoms with Crippen molar-refractivity contribution in [2.45, 2.75) is 13.3 Å². The Morgan fingerprint density at radius 3 is 2.47 bits per heavy atom. The number of aromatic nitrogens is 2. The minimum Gasteiger partial charge on any atom is -0.373 e. The van der Waals surface area contributed by atoms with Gasteiger partial charge in [0.2, 0.25) is 0 Å². The van der Waals surface area contributed by atoms with Crippen LogP contribution in [0.25, 0.3) is 0 Å². The molecule has 0 amide bonds. The molecule has 1 aromatic heterocycles. The van der Waals surface area contributed by atoms with E-state index in [9.17, 15) is 8.42 Å². The highest BCUT2D eigenvalue weighted by Gasteiger charge is 2.09. The van der Waals surface area contributed by atoms with Crippen LogP contribution < -0.4 is 10.6 Å². The number of nitrogens with one attached hydrogen (secondary N) is 2. The van der Waals surface area contributed by atoms with E-state index in [4.69, 9.17) is 0 Å². The average molecular weight is 258 g/mol. The van der Waals surface area contributed by atoms with Crippen LogP contribution in [0.1, 0.15) is 12.5 Å². The molecule has 0 spiro atoms. The van der Waals surface area contributed by atoms with Gasteiger partial charge in [-0.05, 0) is 6.42 Å². The number of rotatable bonds is 6. The van der Waals surface area contributed by atoms with Gasteiger partial charge in [-0.25, -0.2) is 18.4 Å². The quantitative estimate of drug-likeness (QED) is 0.774. The molecule has 0 saturated carbocycles. The highest BCUT2D eigenvalue weighted by atomic mass is 32.2. The molecule has 0 aliphatic heterocycles. The summed E-state index contributed by atoms with van der Waals surface area (Å²) in [7, 11) is -1.16. The second kappa shape index (κ2) is 5.81. The minimum absolute atomic E-state index is 0.0923. The number of nitrogens with zero attached hydrogens (tertiary/aromatic N) is 2. The molecule has 0 fully saturated rings. The van der Waals surface area contributed by atoms with Gasteiger partial charge in [-0.2, -0.15) is 0 Å². The SMILES string of the molecule is CCc1c(NC)ncnc1NCCS(C)(=O)=O. The molecule has 0 radical (unpaired) electrons. The molecule has 2 N–H and O–H groups in total. The van der Waals surface area contributed by atoms with Crippen LogP contribution in [-0.4, -0.2) is 44.0 Å². The van der Waals surface area contributed by atoms with Crippen LogP contribution in [-0.2, 0) is 16.3 Å². The van der Waals surface area contributed by atoms with E-state index in [1.165, 1.54) is 12.6 Å². The average Bonchev–Trinajstić information content (AvgIpc) is 2.27. The summed E-state index contributed by atoms with van der Waals surface area (Å²) in [5.74, 6) is 1.55. The monoisotopic (exact) mass is 258 g/mol. The standard InChI is InChI=1S/C10H18N4O2S/c1-4-8-9(11-2)13-7-14-10(8)12-5-6-17(3,15)16/h7H,4-6H2,1-3H3,(H2,11,12,13,14). The molecule has 0 aliphatic carbocycles. The summed E-state index contributed by atoms with van der Waals surface area (Å²) in [5.41, 5.74) is 0.962. The molecule has 96 valence electrons. The summed E-state index contributed by atoms with van der Waals surface area (Å²) in [5, 5.41) is 6.01. The van der Waals surface area contributed by atoms with Crippen molar-refractivity contribution >= 4 is 21.5 Å². The molecule has 0 aliphatic rings. The molecule has 1 aromatic rings. The Kier molecular flexibility index (Phi) is 4.68. The fourth-order valence-corrected chi connectivity index (χ4v) is 1.94. The van der Waals surface area contributed by atoms with Crippen molar-refractivity contribution in [3.8, 4) is 0 Å². The predicted octanol–water partition coefficient (Wildman–Crippen LogP) is 0.537. The summed E-state index contributed by atoms with van der Waals surface area (Å²) >= 11 is 0. The lowest BCUT2D eigenvalue weighted by molar-refractivity contribution is 0.602. The van der Waals surface area contributed by atoms with Crippen molar-refractivity contribution in [1.82, 2.24) is 9.97 Å². The maximum atomic E-state index is 11.0. The lowest BCUT2D eigenvalue weighted by atomic mass is 10.2. The topological polar surface area (TPSA) is 84.0 Å². The van der Waals surface area contributed by atoms with E-state index in [2.05, 4.69) is 20.6 Å². The summed E-state index contributed by atoms with van der Waals surface area (Å²) in [4.78, 5) is 8.23. The fraction of sp³-hybridized carbons (Fsp3) is 0.600. The van der Waals surface area contributed by atoms with Crippen LogP contribution in [0.15, 0.2) is 6.33 Å². The molecule has 0 saturated heterocycles. The molecule has 17 heavy (non-hydrogen) atoms. The number of hydrogen-bond acceptors (Lipinski definition) is 6. The van der Waals surface area contributed by atoms with E-state index in [0.29, 0.717) is 12.4 Å². The maximum absolute atomic E-state index is 11.0. The van der Waals surface area contributed by atoms with E-state index in [0.717, 1.165) is 17.8 Å². The number of hydrogen-bond donors (Lipinski definition) is 2. The molecule has 7 heteroatoms. The van der Waals surface area contributed by atoms with E-state index < -0.39 is 9.84 Å². The van der Waals surface area contributed by atoms with E-state index in [1.54, 1.807) is 7.05 Å². The van der Waals surface area contributed by atoms with Crippen molar-refractivity contribution in [2.24, 2.45) is 0 Å². The number of sulfone groups is 1. The lowest BCUT2D eigenvalue weighted by Crippen LogP contribution is -2.16. The second-order valence-corrected chi connectivity index (χ2v) is 5.97. The molecule has 1 heterocycles. The normalized spacial score (nSPS) is 11.2. The molecule has 0 bridgehead atoms. The zero-order chi connectivity index (χ0) is 12.9. The Morgan fingerprint density at radius 1 is 1.29 bits per heavy atom. The number of anilines is 2. The first-order valence-electron chi connectivity index (χ1n) is 5.41. The van der Waals surface area contributed by atoms with Crippen molar-refractivity contribution in [3.63, 3.8) is 0 Å². The van der Waals surface area contributed by atoms with E-state index in [1.807, 2.05) is 6.92 Å². The van der Waals surface area contributed by atoms with Crippen molar-refractivity contribution in [2.75, 3.05) is 36.2 Å². The van der Waals surface area contributed by atoms with Gasteiger partial charge >= 0.3 is 0 Å². The van der Waals surface area contributed by atoms with Gasteiger partial charge in [0.15, 0.2) is 0 Å². The smallest absolute Gasteiger partial charge is 0.149 e. The Hall–Kier alpha value is -1.37.